The molecule has 1 saturated heterocycles. The van der Waals surface area contributed by atoms with Gasteiger partial charge in [0.2, 0.25) is 5.43 Å². The highest BCUT2D eigenvalue weighted by Crippen LogP contribution is 2.32. The van der Waals surface area contributed by atoms with Gasteiger partial charge in [-0.3, -0.25) is 9.59 Å². The number of ether oxygens (including phenoxy) is 1. The van der Waals surface area contributed by atoms with Crippen molar-refractivity contribution in [3.8, 4) is 22.6 Å². The molecule has 45 heavy (non-hydrogen) atoms. The summed E-state index contributed by atoms with van der Waals surface area (Å²) in [5.74, 6) is -0.476. The fourth-order valence-corrected chi connectivity index (χ4v) is 5.71. The molecular formula is C36H36N4O5. The smallest absolute Gasteiger partial charge is 0.261 e. The van der Waals surface area contributed by atoms with Crippen LogP contribution in [0.4, 0.5) is 5.69 Å². The normalized spacial score (nSPS) is 16.8. The Balaban J connectivity index is 1.25. The third-order valence-electron chi connectivity index (χ3n) is 8.35. The van der Waals surface area contributed by atoms with E-state index in [1.54, 1.807) is 30.6 Å². The first-order valence-corrected chi connectivity index (χ1v) is 15.0. The number of hydrogen-bond acceptors (Lipinski definition) is 7. The number of anilines is 1. The number of hydrogen-bond donors (Lipinski definition) is 5. The molecule has 1 atom stereocenters. The number of carbonyl (C=O) groups excluding carboxylic acids is 1. The molecule has 1 aromatic heterocycles. The quantitative estimate of drug-likeness (QED) is 0.182. The van der Waals surface area contributed by atoms with Gasteiger partial charge in [-0.05, 0) is 83.9 Å². The summed E-state index contributed by atoms with van der Waals surface area (Å²) in [6, 6.07) is 19.6. The summed E-state index contributed by atoms with van der Waals surface area (Å²) in [5.41, 5.74) is 12.1. The third kappa shape index (κ3) is 6.69. The van der Waals surface area contributed by atoms with E-state index in [-0.39, 0.29) is 22.5 Å². The van der Waals surface area contributed by atoms with Gasteiger partial charge in [-0.2, -0.15) is 0 Å². The number of aromatic nitrogens is 1. The molecule has 2 aliphatic heterocycles. The predicted octanol–water partition coefficient (Wildman–Crippen LogP) is 5.23. The SMILES string of the molecule is Cc1ccc(-c2cn(CC3CCOCC3)cc(C(=O)Nc3ccc(C4=CC(c5ccc(O)c(O)c5)=CNC4N)cc3)c2=O)cc1. The van der Waals surface area contributed by atoms with E-state index in [0.29, 0.717) is 29.3 Å². The van der Waals surface area contributed by atoms with Crippen molar-refractivity contribution in [3.05, 3.63) is 124 Å². The van der Waals surface area contributed by atoms with Crippen molar-refractivity contribution in [2.45, 2.75) is 32.5 Å². The number of phenolic OH excluding ortho intramolecular Hbond substituents is 2. The largest absolute Gasteiger partial charge is 0.504 e. The summed E-state index contributed by atoms with van der Waals surface area (Å²) in [6.07, 6.45) is 8.58. The molecule has 4 aromatic rings. The Hall–Kier alpha value is -5.12. The number of aryl methyl sites for hydroxylation is 1. The molecule has 1 fully saturated rings. The Morgan fingerprint density at radius 1 is 0.956 bits per heavy atom. The zero-order chi connectivity index (χ0) is 31.5. The number of carbonyl (C=O) groups is 1. The van der Waals surface area contributed by atoms with Crippen LogP contribution >= 0.6 is 0 Å². The summed E-state index contributed by atoms with van der Waals surface area (Å²) in [7, 11) is 0. The molecule has 1 unspecified atom stereocenters. The lowest BCUT2D eigenvalue weighted by atomic mass is 9.95. The van der Waals surface area contributed by atoms with Crippen molar-refractivity contribution in [2.24, 2.45) is 11.7 Å². The van der Waals surface area contributed by atoms with Crippen molar-refractivity contribution in [1.29, 1.82) is 0 Å². The lowest BCUT2D eigenvalue weighted by Crippen LogP contribution is -2.36. The van der Waals surface area contributed by atoms with Crippen LogP contribution in [0.3, 0.4) is 0 Å². The second kappa shape index (κ2) is 12.9. The van der Waals surface area contributed by atoms with Crippen molar-refractivity contribution in [2.75, 3.05) is 18.5 Å². The maximum atomic E-state index is 13.7. The van der Waals surface area contributed by atoms with Crippen LogP contribution in [-0.2, 0) is 11.3 Å². The Bertz CT molecular complexity index is 1840. The lowest BCUT2D eigenvalue weighted by Gasteiger charge is -2.24. The molecule has 9 nitrogen and oxygen atoms in total. The molecule has 0 bridgehead atoms. The average molecular weight is 605 g/mol. The number of benzene rings is 3. The van der Waals surface area contributed by atoms with Gasteiger partial charge in [0.15, 0.2) is 11.5 Å². The van der Waals surface area contributed by atoms with Crippen LogP contribution in [0.1, 0.15) is 39.9 Å². The molecule has 6 rings (SSSR count). The van der Waals surface area contributed by atoms with Gasteiger partial charge in [-0.1, -0.05) is 48.0 Å². The van der Waals surface area contributed by atoms with E-state index in [1.165, 1.54) is 12.1 Å². The molecule has 0 radical (unpaired) electrons. The minimum atomic E-state index is -0.477. The summed E-state index contributed by atoms with van der Waals surface area (Å²) in [6.45, 7) is 4.12. The number of nitrogens with two attached hydrogens (primary N) is 1. The zero-order valence-electron chi connectivity index (χ0n) is 25.0. The van der Waals surface area contributed by atoms with Gasteiger partial charge in [-0.15, -0.1) is 0 Å². The van der Waals surface area contributed by atoms with Crippen LogP contribution in [-0.4, -0.2) is 40.1 Å². The van der Waals surface area contributed by atoms with Gasteiger partial charge in [0, 0.05) is 49.6 Å². The maximum absolute atomic E-state index is 13.7. The molecule has 2 aliphatic rings. The van der Waals surface area contributed by atoms with E-state index in [2.05, 4.69) is 10.6 Å². The number of pyridine rings is 1. The highest BCUT2D eigenvalue weighted by molar-refractivity contribution is 6.04. The molecule has 230 valence electrons. The van der Waals surface area contributed by atoms with Gasteiger partial charge < -0.3 is 35.9 Å². The minimum absolute atomic E-state index is 0.0809. The Kier molecular flexibility index (Phi) is 8.55. The molecule has 0 aliphatic carbocycles. The van der Waals surface area contributed by atoms with Gasteiger partial charge in [0.05, 0.1) is 0 Å². The number of dihydropyridines is 1. The van der Waals surface area contributed by atoms with Crippen LogP contribution in [0.15, 0.2) is 96.2 Å². The second-order valence-corrected chi connectivity index (χ2v) is 11.6. The lowest BCUT2D eigenvalue weighted by molar-refractivity contribution is 0.0612. The number of aromatic hydroxyl groups is 2. The van der Waals surface area contributed by atoms with E-state index in [9.17, 15) is 19.8 Å². The van der Waals surface area contributed by atoms with Gasteiger partial charge in [0.1, 0.15) is 11.7 Å². The van der Waals surface area contributed by atoms with Crippen LogP contribution in [0.25, 0.3) is 22.3 Å². The van der Waals surface area contributed by atoms with Crippen molar-refractivity contribution in [1.82, 2.24) is 9.88 Å². The molecular weight excluding hydrogens is 568 g/mol. The minimum Gasteiger partial charge on any atom is -0.504 e. The monoisotopic (exact) mass is 604 g/mol. The molecule has 1 amide bonds. The number of phenols is 2. The van der Waals surface area contributed by atoms with Gasteiger partial charge in [0.25, 0.3) is 5.91 Å². The Morgan fingerprint density at radius 3 is 2.36 bits per heavy atom. The van der Waals surface area contributed by atoms with Crippen LogP contribution in [0.5, 0.6) is 11.5 Å². The predicted molar refractivity (Wildman–Crippen MR) is 176 cm³/mol. The molecule has 6 N–H and O–H groups in total. The van der Waals surface area contributed by atoms with E-state index in [4.69, 9.17) is 10.5 Å². The van der Waals surface area contributed by atoms with Crippen LogP contribution in [0, 0.1) is 12.8 Å². The first kappa shape index (κ1) is 29.9. The standard InChI is InChI=1S/C36H36N4O5/c1-22-2-4-25(5-3-22)30-20-40(19-23-12-14-45-15-13-23)21-31(34(30)43)36(44)39-28-9-6-24(7-10-28)29-16-27(18-38-35(29)37)26-8-11-32(41)33(42)17-26/h2-11,16-18,20-21,23,35,38,41-42H,12-15,19,37H2,1H3,(H,39,44). The summed E-state index contributed by atoms with van der Waals surface area (Å²) >= 11 is 0. The summed E-state index contributed by atoms with van der Waals surface area (Å²) in [4.78, 5) is 27.2. The first-order valence-electron chi connectivity index (χ1n) is 15.0. The Morgan fingerprint density at radius 2 is 1.64 bits per heavy atom. The third-order valence-corrected chi connectivity index (χ3v) is 8.35. The van der Waals surface area contributed by atoms with Crippen molar-refractivity contribution < 1.29 is 19.7 Å². The van der Waals surface area contributed by atoms with E-state index in [0.717, 1.165) is 53.9 Å². The first-order chi connectivity index (χ1) is 21.7. The highest BCUT2D eigenvalue weighted by Gasteiger charge is 2.21. The topological polar surface area (TPSA) is 139 Å². The van der Waals surface area contributed by atoms with E-state index >= 15 is 0 Å². The number of nitrogens with one attached hydrogen (secondary N) is 2. The van der Waals surface area contributed by atoms with E-state index < -0.39 is 12.1 Å². The van der Waals surface area contributed by atoms with Gasteiger partial charge >= 0.3 is 0 Å². The Labute approximate surface area is 261 Å². The molecule has 3 heterocycles. The number of nitrogens with zero attached hydrogens (tertiary/aromatic N) is 1. The van der Waals surface area contributed by atoms with Crippen molar-refractivity contribution >= 4 is 22.7 Å². The summed E-state index contributed by atoms with van der Waals surface area (Å²) in [5, 5.41) is 25.6. The molecule has 0 spiro atoms. The number of amides is 1. The highest BCUT2D eigenvalue weighted by atomic mass is 16.5. The fraction of sp³-hybridized carbons (Fsp3) is 0.222. The average Bonchev–Trinajstić information content (AvgIpc) is 3.05. The molecule has 0 saturated carbocycles. The number of allylic oxidation sites excluding steroid dienone is 2. The number of rotatable bonds is 7. The maximum Gasteiger partial charge on any atom is 0.261 e. The van der Waals surface area contributed by atoms with E-state index in [1.807, 2.05) is 60.2 Å². The fourth-order valence-electron chi connectivity index (χ4n) is 5.71. The van der Waals surface area contributed by atoms with Crippen molar-refractivity contribution in [3.63, 3.8) is 0 Å². The van der Waals surface area contributed by atoms with Crippen LogP contribution < -0.4 is 21.8 Å². The summed E-state index contributed by atoms with van der Waals surface area (Å²) < 4.78 is 7.48. The molecule has 9 heteroatoms. The zero-order valence-corrected chi connectivity index (χ0v) is 25.0. The van der Waals surface area contributed by atoms with Gasteiger partial charge in [-0.25, -0.2) is 0 Å². The van der Waals surface area contributed by atoms with Crippen LogP contribution in [0.2, 0.25) is 0 Å². The molecule has 3 aromatic carbocycles. The second-order valence-electron chi connectivity index (χ2n) is 11.6.